The number of carbonyl (C=O) groups excluding carboxylic acids is 1. The zero-order valence-corrected chi connectivity index (χ0v) is 15.9. The quantitative estimate of drug-likeness (QED) is 0.393. The average Bonchev–Trinajstić information content (AvgIpc) is 2.59. The van der Waals surface area contributed by atoms with Gasteiger partial charge in [-0.05, 0) is 50.3 Å². The van der Waals surface area contributed by atoms with E-state index in [4.69, 9.17) is 0 Å². The Hall–Kier alpha value is -0.760. The van der Waals surface area contributed by atoms with Crippen LogP contribution in [-0.4, -0.2) is 16.3 Å². The Balaban J connectivity index is 1.95. The van der Waals surface area contributed by atoms with Crippen LogP contribution in [0.4, 0.5) is 0 Å². The molecule has 0 amide bonds. The van der Waals surface area contributed by atoms with E-state index in [1.165, 1.54) is 56.9 Å². The van der Waals surface area contributed by atoms with Gasteiger partial charge in [0.25, 0.3) is 0 Å². The van der Waals surface area contributed by atoms with Crippen molar-refractivity contribution in [3.63, 3.8) is 0 Å². The average molecular weight is 333 g/mol. The van der Waals surface area contributed by atoms with E-state index in [1.807, 2.05) is 0 Å². The lowest BCUT2D eigenvalue weighted by atomic mass is 9.83. The first-order valence-electron chi connectivity index (χ1n) is 9.33. The minimum Gasteiger partial charge on any atom is -0.293 e. The first-order chi connectivity index (χ1) is 11.0. The maximum absolute atomic E-state index is 12.8. The molecule has 1 aromatic carbocycles. The summed E-state index contributed by atoms with van der Waals surface area (Å²) in [6.45, 7) is 6.36. The number of benzene rings is 1. The van der Waals surface area contributed by atoms with Gasteiger partial charge in [0.1, 0.15) is 0 Å². The summed E-state index contributed by atoms with van der Waals surface area (Å²) >= 11 is 1.80. The Labute approximate surface area is 146 Å². The third kappa shape index (κ3) is 5.38. The van der Waals surface area contributed by atoms with Gasteiger partial charge in [-0.2, -0.15) is 0 Å². The van der Waals surface area contributed by atoms with Crippen LogP contribution in [0.2, 0.25) is 0 Å². The summed E-state index contributed by atoms with van der Waals surface area (Å²) in [5.41, 5.74) is 2.30. The first-order valence-corrected chi connectivity index (χ1v) is 10.3. The molecule has 1 aliphatic carbocycles. The number of rotatable bonds is 8. The van der Waals surface area contributed by atoms with Crippen LogP contribution in [0.3, 0.4) is 0 Å². The second-order valence-corrected chi connectivity index (χ2v) is 9.07. The molecule has 0 atom stereocenters. The molecule has 0 radical (unpaired) electrons. The van der Waals surface area contributed by atoms with E-state index in [0.717, 1.165) is 11.3 Å². The monoisotopic (exact) mass is 332 g/mol. The van der Waals surface area contributed by atoms with Crippen molar-refractivity contribution in [3.05, 3.63) is 35.4 Å². The highest BCUT2D eigenvalue weighted by atomic mass is 32.2. The normalized spacial score (nSPS) is 16.5. The summed E-state index contributed by atoms with van der Waals surface area (Å²) in [5.74, 6) is 2.06. The molecule has 0 saturated heterocycles. The van der Waals surface area contributed by atoms with E-state index in [9.17, 15) is 4.79 Å². The number of hydrogen-bond donors (Lipinski definition) is 0. The van der Waals surface area contributed by atoms with Gasteiger partial charge in [-0.25, -0.2) is 0 Å². The standard InChI is InChI=1S/C21H32OS/c1-4-5-9-16-23-21(2,3)20(22)19-14-12-18(13-15-19)17-10-7-6-8-11-17/h12-15,17H,4-11,16H2,1-3H3. The van der Waals surface area contributed by atoms with Gasteiger partial charge in [0.2, 0.25) is 0 Å². The molecular formula is C21H32OS. The van der Waals surface area contributed by atoms with Crippen LogP contribution in [0.15, 0.2) is 24.3 Å². The fourth-order valence-electron chi connectivity index (χ4n) is 3.44. The van der Waals surface area contributed by atoms with Gasteiger partial charge in [-0.1, -0.05) is 63.3 Å². The van der Waals surface area contributed by atoms with Crippen LogP contribution in [-0.2, 0) is 0 Å². The highest BCUT2D eigenvalue weighted by molar-refractivity contribution is 8.01. The fourth-order valence-corrected chi connectivity index (χ4v) is 4.54. The number of thioether (sulfide) groups is 1. The smallest absolute Gasteiger partial charge is 0.178 e. The molecule has 0 unspecified atom stereocenters. The summed E-state index contributed by atoms with van der Waals surface area (Å²) in [7, 11) is 0. The zero-order chi connectivity index (χ0) is 16.7. The summed E-state index contributed by atoms with van der Waals surface area (Å²) in [6, 6.07) is 8.50. The minimum atomic E-state index is -0.319. The predicted octanol–water partition coefficient (Wildman–Crippen LogP) is 6.62. The molecule has 0 aromatic heterocycles. The summed E-state index contributed by atoms with van der Waals surface area (Å²) in [6.07, 6.45) is 10.4. The van der Waals surface area contributed by atoms with Crippen LogP contribution < -0.4 is 0 Å². The Morgan fingerprint density at radius 1 is 1.09 bits per heavy atom. The maximum atomic E-state index is 12.8. The minimum absolute atomic E-state index is 0.272. The van der Waals surface area contributed by atoms with Crippen LogP contribution in [0.5, 0.6) is 0 Å². The number of ketones is 1. The molecule has 1 fully saturated rings. The lowest BCUT2D eigenvalue weighted by Crippen LogP contribution is -2.28. The Morgan fingerprint density at radius 3 is 2.35 bits per heavy atom. The van der Waals surface area contributed by atoms with Crippen LogP contribution >= 0.6 is 11.8 Å². The van der Waals surface area contributed by atoms with Crippen molar-refractivity contribution >= 4 is 17.5 Å². The molecule has 1 nitrogen and oxygen atoms in total. The zero-order valence-electron chi connectivity index (χ0n) is 15.1. The molecule has 1 saturated carbocycles. The van der Waals surface area contributed by atoms with E-state index >= 15 is 0 Å². The molecule has 1 aromatic rings. The van der Waals surface area contributed by atoms with Gasteiger partial charge in [0.05, 0.1) is 4.75 Å². The fraction of sp³-hybridized carbons (Fsp3) is 0.667. The number of hydrogen-bond acceptors (Lipinski definition) is 2. The predicted molar refractivity (Wildman–Crippen MR) is 103 cm³/mol. The molecule has 2 rings (SSSR count). The summed E-state index contributed by atoms with van der Waals surface area (Å²) in [5, 5.41) is 0. The van der Waals surface area contributed by atoms with E-state index in [0.29, 0.717) is 5.92 Å². The Morgan fingerprint density at radius 2 is 1.74 bits per heavy atom. The third-order valence-electron chi connectivity index (χ3n) is 5.01. The van der Waals surface area contributed by atoms with Crippen molar-refractivity contribution < 1.29 is 4.79 Å². The second-order valence-electron chi connectivity index (χ2n) is 7.35. The summed E-state index contributed by atoms with van der Waals surface area (Å²) < 4.78 is -0.319. The highest BCUT2D eigenvalue weighted by Crippen LogP contribution is 2.34. The van der Waals surface area contributed by atoms with Crippen molar-refractivity contribution in [2.24, 2.45) is 0 Å². The number of unbranched alkanes of at least 4 members (excludes halogenated alkanes) is 2. The van der Waals surface area contributed by atoms with Gasteiger partial charge in [0, 0.05) is 5.56 Å². The largest absolute Gasteiger partial charge is 0.293 e. The van der Waals surface area contributed by atoms with Crippen LogP contribution in [0, 0.1) is 0 Å². The second kappa shape index (κ2) is 8.92. The summed E-state index contributed by atoms with van der Waals surface area (Å²) in [4.78, 5) is 12.8. The number of carbonyl (C=O) groups is 1. The molecule has 128 valence electrons. The molecular weight excluding hydrogens is 300 g/mol. The van der Waals surface area contributed by atoms with Gasteiger partial charge in [0.15, 0.2) is 5.78 Å². The van der Waals surface area contributed by atoms with E-state index < -0.39 is 0 Å². The van der Waals surface area contributed by atoms with Gasteiger partial charge in [-0.15, -0.1) is 11.8 Å². The number of Topliss-reactive ketones (excluding diaryl/α,β-unsaturated/α-hetero) is 1. The molecule has 23 heavy (non-hydrogen) atoms. The van der Waals surface area contributed by atoms with Gasteiger partial charge in [-0.3, -0.25) is 4.79 Å². The SMILES string of the molecule is CCCCCSC(C)(C)C(=O)c1ccc(C2CCCCC2)cc1. The molecule has 2 heteroatoms. The Bertz CT molecular complexity index is 483. The van der Waals surface area contributed by atoms with Crippen molar-refractivity contribution in [1.82, 2.24) is 0 Å². The third-order valence-corrected chi connectivity index (χ3v) is 6.41. The van der Waals surface area contributed by atoms with Crippen LogP contribution in [0.1, 0.15) is 94.0 Å². The maximum Gasteiger partial charge on any atom is 0.178 e. The van der Waals surface area contributed by atoms with Crippen molar-refractivity contribution in [3.8, 4) is 0 Å². The van der Waals surface area contributed by atoms with E-state index in [1.54, 1.807) is 11.8 Å². The Kier molecular flexibility index (Phi) is 7.20. The molecule has 0 heterocycles. The van der Waals surface area contributed by atoms with Crippen LogP contribution in [0.25, 0.3) is 0 Å². The topological polar surface area (TPSA) is 17.1 Å². The first kappa shape index (κ1) is 18.6. The molecule has 0 N–H and O–H groups in total. The van der Waals surface area contributed by atoms with Crippen molar-refractivity contribution in [1.29, 1.82) is 0 Å². The lowest BCUT2D eigenvalue weighted by molar-refractivity contribution is 0.0958. The molecule has 0 spiro atoms. The van der Waals surface area contributed by atoms with Crippen molar-refractivity contribution in [2.45, 2.75) is 82.8 Å². The molecule has 0 bridgehead atoms. The highest BCUT2D eigenvalue weighted by Gasteiger charge is 2.29. The van der Waals surface area contributed by atoms with E-state index in [-0.39, 0.29) is 10.5 Å². The van der Waals surface area contributed by atoms with Gasteiger partial charge < -0.3 is 0 Å². The van der Waals surface area contributed by atoms with Gasteiger partial charge >= 0.3 is 0 Å². The van der Waals surface area contributed by atoms with E-state index in [2.05, 4.69) is 45.0 Å². The molecule has 1 aliphatic rings. The van der Waals surface area contributed by atoms with Crippen molar-refractivity contribution in [2.75, 3.05) is 5.75 Å². The molecule has 0 aliphatic heterocycles. The lowest BCUT2D eigenvalue weighted by Gasteiger charge is -2.24.